The summed E-state index contributed by atoms with van der Waals surface area (Å²) in [5.41, 5.74) is 1.27. The highest BCUT2D eigenvalue weighted by atomic mass is 16.5. The van der Waals surface area contributed by atoms with Gasteiger partial charge in [0.25, 0.3) is 0 Å². The second-order valence-electron chi connectivity index (χ2n) is 4.28. The van der Waals surface area contributed by atoms with Crippen molar-refractivity contribution in [2.45, 2.75) is 45.3 Å². The van der Waals surface area contributed by atoms with E-state index in [1.54, 1.807) is 0 Å². The summed E-state index contributed by atoms with van der Waals surface area (Å²) in [6, 6.07) is 2.49. The molecular weight excluding hydrogens is 214 g/mol. The summed E-state index contributed by atoms with van der Waals surface area (Å²) >= 11 is 0. The number of nitrogens with zero attached hydrogens (tertiary/aromatic N) is 2. The van der Waals surface area contributed by atoms with Gasteiger partial charge in [-0.25, -0.2) is 0 Å². The van der Waals surface area contributed by atoms with Gasteiger partial charge in [-0.15, -0.1) is 0 Å². The molecule has 0 saturated carbocycles. The highest BCUT2D eigenvalue weighted by molar-refractivity contribution is 5.00. The lowest BCUT2D eigenvalue weighted by molar-refractivity contribution is 0.0316. The van der Waals surface area contributed by atoms with Gasteiger partial charge in [0.2, 0.25) is 0 Å². The van der Waals surface area contributed by atoms with Gasteiger partial charge in [0, 0.05) is 31.6 Å². The van der Waals surface area contributed by atoms with Crippen LogP contribution in [0.1, 0.15) is 32.4 Å². The molecule has 1 heterocycles. The van der Waals surface area contributed by atoms with Crippen LogP contribution in [-0.4, -0.2) is 35.6 Å². The average Bonchev–Trinajstić information content (AvgIpc) is 2.74. The SMILES string of the molecule is CCOC(CC)C(CCc1ccnn1C)NC. The zero-order valence-corrected chi connectivity index (χ0v) is 11.4. The van der Waals surface area contributed by atoms with Crippen molar-refractivity contribution >= 4 is 0 Å². The van der Waals surface area contributed by atoms with E-state index in [1.807, 2.05) is 25.0 Å². The number of ether oxygens (including phenoxy) is 1. The van der Waals surface area contributed by atoms with Crippen LogP contribution in [0, 0.1) is 0 Å². The molecule has 1 aromatic rings. The van der Waals surface area contributed by atoms with Crippen LogP contribution in [0.2, 0.25) is 0 Å². The summed E-state index contributed by atoms with van der Waals surface area (Å²) in [5.74, 6) is 0. The second kappa shape index (κ2) is 7.45. The third kappa shape index (κ3) is 4.13. The lowest BCUT2D eigenvalue weighted by Crippen LogP contribution is -2.39. The molecule has 4 nitrogen and oxygen atoms in total. The lowest BCUT2D eigenvalue weighted by atomic mass is 10.0. The monoisotopic (exact) mass is 239 g/mol. The minimum absolute atomic E-state index is 0.304. The molecule has 0 bridgehead atoms. The Morgan fingerprint density at radius 2 is 2.24 bits per heavy atom. The summed E-state index contributed by atoms with van der Waals surface area (Å²) in [6.45, 7) is 5.01. The normalized spacial score (nSPS) is 14.8. The smallest absolute Gasteiger partial charge is 0.0725 e. The molecule has 98 valence electrons. The van der Waals surface area contributed by atoms with E-state index >= 15 is 0 Å². The Hall–Kier alpha value is -0.870. The van der Waals surface area contributed by atoms with E-state index in [2.05, 4.69) is 30.3 Å². The number of nitrogens with one attached hydrogen (secondary N) is 1. The quantitative estimate of drug-likeness (QED) is 0.751. The Kier molecular flexibility index (Phi) is 6.22. The fourth-order valence-corrected chi connectivity index (χ4v) is 2.20. The van der Waals surface area contributed by atoms with Gasteiger partial charge in [0.1, 0.15) is 0 Å². The van der Waals surface area contributed by atoms with Gasteiger partial charge in [-0.1, -0.05) is 6.92 Å². The molecule has 1 rings (SSSR count). The number of hydrogen-bond donors (Lipinski definition) is 1. The van der Waals surface area contributed by atoms with Crippen molar-refractivity contribution < 1.29 is 4.74 Å². The molecule has 0 spiro atoms. The Bertz CT molecular complexity index is 311. The molecule has 0 amide bonds. The third-order valence-electron chi connectivity index (χ3n) is 3.24. The molecule has 0 fully saturated rings. The molecule has 2 unspecified atom stereocenters. The van der Waals surface area contributed by atoms with Gasteiger partial charge in [0.15, 0.2) is 0 Å². The molecule has 0 aliphatic heterocycles. The van der Waals surface area contributed by atoms with Gasteiger partial charge in [0.05, 0.1) is 6.10 Å². The first kappa shape index (κ1) is 14.2. The molecule has 0 saturated heterocycles. The van der Waals surface area contributed by atoms with Crippen molar-refractivity contribution in [2.75, 3.05) is 13.7 Å². The van der Waals surface area contributed by atoms with Crippen molar-refractivity contribution in [2.24, 2.45) is 7.05 Å². The van der Waals surface area contributed by atoms with Crippen molar-refractivity contribution in [3.05, 3.63) is 18.0 Å². The van der Waals surface area contributed by atoms with Gasteiger partial charge < -0.3 is 10.1 Å². The zero-order valence-electron chi connectivity index (χ0n) is 11.4. The third-order valence-corrected chi connectivity index (χ3v) is 3.24. The number of aromatic nitrogens is 2. The summed E-state index contributed by atoms with van der Waals surface area (Å²) < 4.78 is 7.70. The maximum atomic E-state index is 5.76. The molecule has 2 atom stereocenters. The first-order valence-electron chi connectivity index (χ1n) is 6.48. The Morgan fingerprint density at radius 1 is 1.47 bits per heavy atom. The van der Waals surface area contributed by atoms with E-state index in [9.17, 15) is 0 Å². The van der Waals surface area contributed by atoms with E-state index in [4.69, 9.17) is 4.74 Å². The van der Waals surface area contributed by atoms with Crippen LogP contribution in [0.4, 0.5) is 0 Å². The van der Waals surface area contributed by atoms with Crippen LogP contribution in [0.25, 0.3) is 0 Å². The highest BCUT2D eigenvalue weighted by Crippen LogP contribution is 2.11. The molecule has 0 aliphatic carbocycles. The van der Waals surface area contributed by atoms with Crippen molar-refractivity contribution in [3.8, 4) is 0 Å². The lowest BCUT2D eigenvalue weighted by Gasteiger charge is -2.25. The van der Waals surface area contributed by atoms with Crippen LogP contribution >= 0.6 is 0 Å². The number of likely N-dealkylation sites (N-methyl/N-ethyl adjacent to an activating group) is 1. The maximum absolute atomic E-state index is 5.76. The van der Waals surface area contributed by atoms with E-state index < -0.39 is 0 Å². The van der Waals surface area contributed by atoms with Crippen molar-refractivity contribution in [1.29, 1.82) is 0 Å². The molecule has 0 aromatic carbocycles. The van der Waals surface area contributed by atoms with E-state index in [0.29, 0.717) is 12.1 Å². The molecule has 0 radical (unpaired) electrons. The highest BCUT2D eigenvalue weighted by Gasteiger charge is 2.18. The summed E-state index contributed by atoms with van der Waals surface area (Å²) in [5, 5.41) is 7.55. The predicted molar refractivity (Wildman–Crippen MR) is 70.1 cm³/mol. The van der Waals surface area contributed by atoms with Crippen LogP contribution < -0.4 is 5.32 Å². The number of rotatable bonds is 8. The predicted octanol–water partition coefficient (Wildman–Crippen LogP) is 1.76. The standard InChI is InChI=1S/C13H25N3O/c1-5-13(17-6-2)12(14-3)8-7-11-9-10-15-16(11)4/h9-10,12-14H,5-8H2,1-4H3. The molecule has 0 aliphatic rings. The van der Waals surface area contributed by atoms with Crippen LogP contribution in [0.5, 0.6) is 0 Å². The minimum atomic E-state index is 0.304. The van der Waals surface area contributed by atoms with Crippen LogP contribution in [-0.2, 0) is 18.2 Å². The van der Waals surface area contributed by atoms with Gasteiger partial charge in [-0.3, -0.25) is 4.68 Å². The second-order valence-corrected chi connectivity index (χ2v) is 4.28. The number of hydrogen-bond acceptors (Lipinski definition) is 3. The molecule has 17 heavy (non-hydrogen) atoms. The Morgan fingerprint density at radius 3 is 2.71 bits per heavy atom. The first-order valence-corrected chi connectivity index (χ1v) is 6.48. The van der Waals surface area contributed by atoms with Crippen molar-refractivity contribution in [1.82, 2.24) is 15.1 Å². The summed E-state index contributed by atoms with van der Waals surface area (Å²) in [7, 11) is 4.00. The van der Waals surface area contributed by atoms with Gasteiger partial charge in [-0.2, -0.15) is 5.10 Å². The summed E-state index contributed by atoms with van der Waals surface area (Å²) in [6.07, 6.45) is 5.31. The largest absolute Gasteiger partial charge is 0.377 e. The molecule has 1 aromatic heterocycles. The van der Waals surface area contributed by atoms with Gasteiger partial charge in [-0.05, 0) is 39.3 Å². The zero-order chi connectivity index (χ0) is 12.7. The van der Waals surface area contributed by atoms with Crippen LogP contribution in [0.15, 0.2) is 12.3 Å². The molecular formula is C13H25N3O. The molecule has 1 N–H and O–H groups in total. The fourth-order valence-electron chi connectivity index (χ4n) is 2.20. The van der Waals surface area contributed by atoms with Gasteiger partial charge >= 0.3 is 0 Å². The maximum Gasteiger partial charge on any atom is 0.0725 e. The van der Waals surface area contributed by atoms with E-state index in [-0.39, 0.29) is 0 Å². The average molecular weight is 239 g/mol. The van der Waals surface area contributed by atoms with Crippen molar-refractivity contribution in [3.63, 3.8) is 0 Å². The topological polar surface area (TPSA) is 39.1 Å². The summed E-state index contributed by atoms with van der Waals surface area (Å²) in [4.78, 5) is 0. The fraction of sp³-hybridized carbons (Fsp3) is 0.769. The Labute approximate surface area is 104 Å². The minimum Gasteiger partial charge on any atom is -0.377 e. The number of aryl methyl sites for hydroxylation is 2. The first-order chi connectivity index (χ1) is 8.22. The van der Waals surface area contributed by atoms with E-state index in [1.165, 1.54) is 5.69 Å². The Balaban J connectivity index is 2.49. The van der Waals surface area contributed by atoms with E-state index in [0.717, 1.165) is 25.9 Å². The van der Waals surface area contributed by atoms with Crippen LogP contribution in [0.3, 0.4) is 0 Å². The molecule has 4 heteroatoms.